The number of rotatable bonds is 7. The SMILES string of the molecule is CCN(C(C)=O)c1ccc(/C(COc2ccc(C(=O)O)c(O)c2)=N/O)cc1C(C)(C)C. The number of benzene rings is 2. The monoisotopic (exact) mass is 428 g/mol. The van der Waals surface area contributed by atoms with Crippen LogP contribution in [0.4, 0.5) is 5.69 Å². The van der Waals surface area contributed by atoms with Crippen molar-refractivity contribution < 1.29 is 29.7 Å². The number of nitrogens with zero attached hydrogens (tertiary/aromatic N) is 2. The molecule has 0 heterocycles. The molecule has 2 rings (SSSR count). The van der Waals surface area contributed by atoms with Gasteiger partial charge in [0.25, 0.3) is 0 Å². The summed E-state index contributed by atoms with van der Waals surface area (Å²) in [5.74, 6) is -1.51. The number of anilines is 1. The molecule has 0 aliphatic carbocycles. The molecular formula is C23H28N2O6. The van der Waals surface area contributed by atoms with Gasteiger partial charge in [0, 0.05) is 30.8 Å². The molecule has 0 fully saturated rings. The van der Waals surface area contributed by atoms with E-state index in [1.807, 2.05) is 39.8 Å². The first-order valence-electron chi connectivity index (χ1n) is 9.82. The number of hydrogen-bond acceptors (Lipinski definition) is 6. The Hall–Kier alpha value is -3.55. The first-order valence-corrected chi connectivity index (χ1v) is 9.82. The molecule has 2 aromatic carbocycles. The third-order valence-electron chi connectivity index (χ3n) is 4.82. The lowest BCUT2D eigenvalue weighted by atomic mass is 9.84. The van der Waals surface area contributed by atoms with Gasteiger partial charge in [-0.15, -0.1) is 0 Å². The molecule has 8 heteroatoms. The summed E-state index contributed by atoms with van der Waals surface area (Å²) in [6.07, 6.45) is 0. The van der Waals surface area contributed by atoms with Crippen LogP contribution in [0.2, 0.25) is 0 Å². The van der Waals surface area contributed by atoms with Crippen molar-refractivity contribution in [3.05, 3.63) is 53.1 Å². The van der Waals surface area contributed by atoms with Crippen molar-refractivity contribution in [1.82, 2.24) is 0 Å². The molecule has 0 saturated heterocycles. The molecule has 3 N–H and O–H groups in total. The lowest BCUT2D eigenvalue weighted by Gasteiger charge is -2.29. The summed E-state index contributed by atoms with van der Waals surface area (Å²) in [6, 6.07) is 9.27. The Kier molecular flexibility index (Phi) is 7.28. The molecule has 1 amide bonds. The maximum absolute atomic E-state index is 12.1. The summed E-state index contributed by atoms with van der Waals surface area (Å²) >= 11 is 0. The third-order valence-corrected chi connectivity index (χ3v) is 4.82. The highest BCUT2D eigenvalue weighted by Gasteiger charge is 2.24. The zero-order chi connectivity index (χ0) is 23.3. The summed E-state index contributed by atoms with van der Waals surface area (Å²) in [5.41, 5.74) is 2.03. The van der Waals surface area contributed by atoms with E-state index >= 15 is 0 Å². The number of carboxylic acid groups (broad SMARTS) is 1. The molecule has 0 radical (unpaired) electrons. The number of phenols is 1. The summed E-state index contributed by atoms with van der Waals surface area (Å²) in [4.78, 5) is 24.8. The standard InChI is InChI=1S/C23H28N2O6/c1-6-25(14(2)26)20-10-7-15(11-18(20)23(3,4)5)19(24-30)13-31-16-8-9-17(22(28)29)21(27)12-16/h7-12,27,30H,6,13H2,1-5H3,(H,28,29)/b24-19+. The number of ether oxygens (including phenoxy) is 1. The van der Waals surface area contributed by atoms with Crippen LogP contribution >= 0.6 is 0 Å². The second kappa shape index (κ2) is 9.51. The quantitative estimate of drug-likeness (QED) is 0.348. The van der Waals surface area contributed by atoms with Crippen molar-refractivity contribution in [1.29, 1.82) is 0 Å². The van der Waals surface area contributed by atoms with Crippen LogP contribution in [0, 0.1) is 0 Å². The van der Waals surface area contributed by atoms with E-state index in [0.29, 0.717) is 12.1 Å². The van der Waals surface area contributed by atoms with E-state index in [-0.39, 0.29) is 35.0 Å². The Labute approximate surface area is 181 Å². The van der Waals surface area contributed by atoms with Gasteiger partial charge in [-0.25, -0.2) is 4.79 Å². The molecule has 0 aliphatic heterocycles. The smallest absolute Gasteiger partial charge is 0.339 e. The fraction of sp³-hybridized carbons (Fsp3) is 0.348. The highest BCUT2D eigenvalue weighted by atomic mass is 16.5. The van der Waals surface area contributed by atoms with Crippen LogP contribution in [-0.4, -0.2) is 46.2 Å². The van der Waals surface area contributed by atoms with Crippen LogP contribution < -0.4 is 9.64 Å². The predicted molar refractivity (Wildman–Crippen MR) is 118 cm³/mol. The summed E-state index contributed by atoms with van der Waals surface area (Å²) < 4.78 is 5.58. The van der Waals surface area contributed by atoms with E-state index in [1.165, 1.54) is 25.1 Å². The van der Waals surface area contributed by atoms with Gasteiger partial charge in [0.2, 0.25) is 5.91 Å². The molecule has 0 aliphatic rings. The van der Waals surface area contributed by atoms with E-state index in [4.69, 9.17) is 9.84 Å². The van der Waals surface area contributed by atoms with Gasteiger partial charge >= 0.3 is 5.97 Å². The zero-order valence-electron chi connectivity index (χ0n) is 18.3. The van der Waals surface area contributed by atoms with Crippen LogP contribution in [0.3, 0.4) is 0 Å². The highest BCUT2D eigenvalue weighted by molar-refractivity contribution is 6.02. The molecule has 166 valence electrons. The van der Waals surface area contributed by atoms with Gasteiger partial charge in [-0.1, -0.05) is 32.0 Å². The van der Waals surface area contributed by atoms with E-state index in [2.05, 4.69) is 5.16 Å². The molecule has 0 saturated carbocycles. The molecule has 0 unspecified atom stereocenters. The van der Waals surface area contributed by atoms with Crippen molar-refractivity contribution >= 4 is 23.3 Å². The summed E-state index contributed by atoms with van der Waals surface area (Å²) in [6.45, 7) is 9.92. The maximum Gasteiger partial charge on any atom is 0.339 e. The van der Waals surface area contributed by atoms with Crippen molar-refractivity contribution in [3.63, 3.8) is 0 Å². The number of carboxylic acids is 1. The molecule has 31 heavy (non-hydrogen) atoms. The Morgan fingerprint density at radius 1 is 1.13 bits per heavy atom. The average Bonchev–Trinajstić information content (AvgIpc) is 2.68. The fourth-order valence-corrected chi connectivity index (χ4v) is 3.22. The Morgan fingerprint density at radius 3 is 2.29 bits per heavy atom. The number of carbonyl (C=O) groups excluding carboxylic acids is 1. The summed E-state index contributed by atoms with van der Waals surface area (Å²) in [5, 5.41) is 31.7. The Balaban J connectivity index is 2.34. The fourth-order valence-electron chi connectivity index (χ4n) is 3.22. The molecule has 0 atom stereocenters. The summed E-state index contributed by atoms with van der Waals surface area (Å²) in [7, 11) is 0. The topological polar surface area (TPSA) is 120 Å². The average molecular weight is 428 g/mol. The predicted octanol–water partition coefficient (Wildman–Crippen LogP) is 4.02. The van der Waals surface area contributed by atoms with Crippen LogP contribution in [0.15, 0.2) is 41.6 Å². The lowest BCUT2D eigenvalue weighted by molar-refractivity contribution is -0.116. The van der Waals surface area contributed by atoms with Crippen LogP contribution in [0.25, 0.3) is 0 Å². The van der Waals surface area contributed by atoms with Crippen molar-refractivity contribution in [2.24, 2.45) is 5.16 Å². The number of oxime groups is 1. The first-order chi connectivity index (χ1) is 14.5. The van der Waals surface area contributed by atoms with Crippen molar-refractivity contribution in [2.75, 3.05) is 18.1 Å². The lowest BCUT2D eigenvalue weighted by Crippen LogP contribution is -2.31. The Morgan fingerprint density at radius 2 is 1.81 bits per heavy atom. The van der Waals surface area contributed by atoms with E-state index < -0.39 is 11.7 Å². The number of hydrogen-bond donors (Lipinski definition) is 3. The van der Waals surface area contributed by atoms with Gasteiger partial charge in [0.05, 0.1) is 0 Å². The molecule has 0 spiro atoms. The van der Waals surface area contributed by atoms with Gasteiger partial charge < -0.3 is 25.1 Å². The zero-order valence-corrected chi connectivity index (χ0v) is 18.3. The van der Waals surface area contributed by atoms with Crippen molar-refractivity contribution in [2.45, 2.75) is 40.0 Å². The van der Waals surface area contributed by atoms with Gasteiger partial charge in [-0.2, -0.15) is 0 Å². The second-order valence-corrected chi connectivity index (χ2v) is 8.06. The van der Waals surface area contributed by atoms with Gasteiger partial charge in [0.1, 0.15) is 29.4 Å². The molecule has 0 bridgehead atoms. The van der Waals surface area contributed by atoms with Gasteiger partial charge in [0.15, 0.2) is 0 Å². The van der Waals surface area contributed by atoms with E-state index in [1.54, 1.807) is 11.0 Å². The molecule has 2 aromatic rings. The minimum absolute atomic E-state index is 0.0650. The van der Waals surface area contributed by atoms with Crippen LogP contribution in [0.1, 0.15) is 56.1 Å². The number of carbonyl (C=O) groups is 2. The van der Waals surface area contributed by atoms with E-state index in [9.17, 15) is 19.9 Å². The first kappa shape index (κ1) is 23.7. The number of aromatic hydroxyl groups is 1. The Bertz CT molecular complexity index is 1010. The minimum Gasteiger partial charge on any atom is -0.507 e. The number of amides is 1. The molecule has 8 nitrogen and oxygen atoms in total. The van der Waals surface area contributed by atoms with E-state index in [0.717, 1.165) is 11.3 Å². The highest BCUT2D eigenvalue weighted by Crippen LogP contribution is 2.33. The maximum atomic E-state index is 12.1. The normalized spacial score (nSPS) is 11.8. The van der Waals surface area contributed by atoms with Crippen molar-refractivity contribution in [3.8, 4) is 11.5 Å². The van der Waals surface area contributed by atoms with Gasteiger partial charge in [-0.05, 0) is 42.2 Å². The van der Waals surface area contributed by atoms with Crippen LogP contribution in [0.5, 0.6) is 11.5 Å². The number of aromatic carboxylic acids is 1. The van der Waals surface area contributed by atoms with Gasteiger partial charge in [-0.3, -0.25) is 4.79 Å². The molecule has 0 aromatic heterocycles. The van der Waals surface area contributed by atoms with Crippen LogP contribution in [-0.2, 0) is 10.2 Å². The molecular weight excluding hydrogens is 400 g/mol. The largest absolute Gasteiger partial charge is 0.507 e. The third kappa shape index (κ3) is 5.53. The second-order valence-electron chi connectivity index (χ2n) is 8.06. The minimum atomic E-state index is -1.25.